The molecule has 0 bridgehead atoms. The molecule has 0 aliphatic carbocycles. The Kier molecular flexibility index (Phi) is 6.77. The van der Waals surface area contributed by atoms with E-state index in [1.165, 1.54) is 10.6 Å². The highest BCUT2D eigenvalue weighted by molar-refractivity contribution is 7.88. The van der Waals surface area contributed by atoms with Crippen LogP contribution in [0.15, 0.2) is 77.7 Å². The summed E-state index contributed by atoms with van der Waals surface area (Å²) in [5.41, 5.74) is 0. The SMILES string of the molecule is COc1ccc(P(c2ccc(OC)cc2)c2ccccc2S(=O)C(C)(C)C)cc1. The molecular weight excluding hydrogens is 399 g/mol. The first kappa shape index (κ1) is 21.5. The maximum absolute atomic E-state index is 13.3. The molecule has 152 valence electrons. The van der Waals surface area contributed by atoms with Gasteiger partial charge < -0.3 is 9.47 Å². The Morgan fingerprint density at radius 3 is 1.59 bits per heavy atom. The van der Waals surface area contributed by atoms with Crippen LogP contribution in [0, 0.1) is 0 Å². The Morgan fingerprint density at radius 1 is 0.724 bits per heavy atom. The summed E-state index contributed by atoms with van der Waals surface area (Å²) in [5, 5.41) is 3.49. The molecule has 3 aromatic rings. The zero-order valence-electron chi connectivity index (χ0n) is 17.5. The molecule has 1 atom stereocenters. The normalized spacial score (nSPS) is 12.6. The molecule has 5 heteroatoms. The van der Waals surface area contributed by atoms with Crippen molar-refractivity contribution in [1.29, 1.82) is 0 Å². The van der Waals surface area contributed by atoms with Gasteiger partial charge in [0.1, 0.15) is 11.5 Å². The van der Waals surface area contributed by atoms with Crippen LogP contribution in [-0.4, -0.2) is 23.2 Å². The molecule has 0 heterocycles. The van der Waals surface area contributed by atoms with Gasteiger partial charge in [0.05, 0.1) is 25.0 Å². The summed E-state index contributed by atoms with van der Waals surface area (Å²) < 4.78 is 23.7. The van der Waals surface area contributed by atoms with Gasteiger partial charge in [0, 0.05) is 14.9 Å². The minimum atomic E-state index is -1.13. The maximum Gasteiger partial charge on any atom is 0.118 e. The van der Waals surface area contributed by atoms with Gasteiger partial charge >= 0.3 is 0 Å². The number of benzene rings is 3. The van der Waals surface area contributed by atoms with Gasteiger partial charge in [0.15, 0.2) is 0 Å². The summed E-state index contributed by atoms with van der Waals surface area (Å²) in [6, 6.07) is 24.5. The van der Waals surface area contributed by atoms with Crippen LogP contribution in [0.25, 0.3) is 0 Å². The molecule has 0 saturated heterocycles. The molecule has 0 aliphatic rings. The van der Waals surface area contributed by atoms with Gasteiger partial charge in [-0.2, -0.15) is 0 Å². The van der Waals surface area contributed by atoms with Gasteiger partial charge in [-0.25, -0.2) is 0 Å². The van der Waals surface area contributed by atoms with E-state index in [1.807, 2.05) is 63.2 Å². The molecule has 0 spiro atoms. The molecule has 0 amide bonds. The van der Waals surface area contributed by atoms with Gasteiger partial charge in [-0.1, -0.05) is 42.5 Å². The molecule has 3 rings (SSSR count). The van der Waals surface area contributed by atoms with Crippen LogP contribution in [-0.2, 0) is 10.8 Å². The van der Waals surface area contributed by atoms with Crippen molar-refractivity contribution < 1.29 is 13.7 Å². The molecule has 0 radical (unpaired) electrons. The van der Waals surface area contributed by atoms with Crippen molar-refractivity contribution in [1.82, 2.24) is 0 Å². The minimum absolute atomic E-state index is 0.336. The molecule has 3 nitrogen and oxygen atoms in total. The second-order valence-corrected chi connectivity index (χ2v) is 12.0. The summed E-state index contributed by atoms with van der Waals surface area (Å²) in [6.45, 7) is 6.05. The van der Waals surface area contributed by atoms with Gasteiger partial charge in [0.2, 0.25) is 0 Å². The second-order valence-electron chi connectivity index (χ2n) is 7.58. The van der Waals surface area contributed by atoms with E-state index < -0.39 is 18.7 Å². The first-order valence-electron chi connectivity index (χ1n) is 9.44. The molecule has 0 saturated carbocycles. The Bertz CT molecular complexity index is 929. The van der Waals surface area contributed by atoms with E-state index in [2.05, 4.69) is 30.3 Å². The van der Waals surface area contributed by atoms with Gasteiger partial charge in [0.25, 0.3) is 0 Å². The van der Waals surface area contributed by atoms with E-state index in [9.17, 15) is 4.21 Å². The van der Waals surface area contributed by atoms with E-state index in [0.29, 0.717) is 0 Å². The fourth-order valence-corrected chi connectivity index (χ4v) is 6.94. The summed E-state index contributed by atoms with van der Waals surface area (Å²) >= 11 is 0. The molecule has 0 N–H and O–H groups in total. The lowest BCUT2D eigenvalue weighted by Gasteiger charge is -2.25. The lowest BCUT2D eigenvalue weighted by atomic mass is 10.3. The van der Waals surface area contributed by atoms with Gasteiger partial charge in [-0.3, -0.25) is 4.21 Å². The van der Waals surface area contributed by atoms with Crippen LogP contribution in [0.3, 0.4) is 0 Å². The van der Waals surface area contributed by atoms with Crippen LogP contribution in [0.5, 0.6) is 11.5 Å². The van der Waals surface area contributed by atoms with E-state index in [-0.39, 0.29) is 4.75 Å². The average molecular weight is 427 g/mol. The predicted molar refractivity (Wildman–Crippen MR) is 124 cm³/mol. The Balaban J connectivity index is 2.19. The zero-order chi connectivity index (χ0) is 21.0. The largest absolute Gasteiger partial charge is 0.497 e. The van der Waals surface area contributed by atoms with Crippen molar-refractivity contribution >= 4 is 34.6 Å². The Morgan fingerprint density at radius 2 is 1.17 bits per heavy atom. The van der Waals surface area contributed by atoms with Crippen LogP contribution in [0.1, 0.15) is 20.8 Å². The van der Waals surface area contributed by atoms with Crippen molar-refractivity contribution in [2.75, 3.05) is 14.2 Å². The summed E-state index contributed by atoms with van der Waals surface area (Å²) in [4.78, 5) is 0.901. The fraction of sp³-hybridized carbons (Fsp3) is 0.250. The lowest BCUT2D eigenvalue weighted by Crippen LogP contribution is -2.29. The standard InChI is InChI=1S/C24H27O3PS/c1-24(2,3)29(25)23-9-7-6-8-22(23)28(20-14-10-18(26-4)11-15-20)21-16-12-19(27-5)13-17-21/h6-17H,1-5H3. The monoisotopic (exact) mass is 426 g/mol. The summed E-state index contributed by atoms with van der Waals surface area (Å²) in [6.07, 6.45) is 0. The average Bonchev–Trinajstić information content (AvgIpc) is 2.74. The molecule has 0 aliphatic heterocycles. The Hall–Kier alpha value is -2.16. The van der Waals surface area contributed by atoms with Crippen LogP contribution in [0.4, 0.5) is 0 Å². The van der Waals surface area contributed by atoms with Crippen molar-refractivity contribution in [3.05, 3.63) is 72.8 Å². The van der Waals surface area contributed by atoms with Gasteiger partial charge in [-0.05, 0) is 69.6 Å². The highest BCUT2D eigenvalue weighted by Gasteiger charge is 2.27. The topological polar surface area (TPSA) is 35.5 Å². The maximum atomic E-state index is 13.3. The molecule has 3 aromatic carbocycles. The zero-order valence-corrected chi connectivity index (χ0v) is 19.2. The van der Waals surface area contributed by atoms with E-state index in [0.717, 1.165) is 21.7 Å². The predicted octanol–water partition coefficient (Wildman–Crippen LogP) is 4.37. The van der Waals surface area contributed by atoms with E-state index in [4.69, 9.17) is 9.47 Å². The first-order valence-corrected chi connectivity index (χ1v) is 11.9. The highest BCUT2D eigenvalue weighted by atomic mass is 32.2. The number of hydrogen-bond donors (Lipinski definition) is 0. The third-order valence-corrected chi connectivity index (χ3v) is 9.04. The molecule has 1 unspecified atom stereocenters. The lowest BCUT2D eigenvalue weighted by molar-refractivity contribution is 0.415. The van der Waals surface area contributed by atoms with Crippen molar-refractivity contribution in [2.24, 2.45) is 0 Å². The molecular formula is C24H27O3PS. The molecule has 0 aromatic heterocycles. The van der Waals surface area contributed by atoms with Crippen molar-refractivity contribution in [2.45, 2.75) is 30.4 Å². The summed E-state index contributed by atoms with van der Waals surface area (Å²) in [7, 11) is 1.33. The van der Waals surface area contributed by atoms with Crippen molar-refractivity contribution in [3.63, 3.8) is 0 Å². The van der Waals surface area contributed by atoms with E-state index in [1.54, 1.807) is 14.2 Å². The number of hydrogen-bond acceptors (Lipinski definition) is 3. The first-order chi connectivity index (χ1) is 13.8. The van der Waals surface area contributed by atoms with Crippen LogP contribution >= 0.6 is 7.92 Å². The van der Waals surface area contributed by atoms with E-state index >= 15 is 0 Å². The highest BCUT2D eigenvalue weighted by Crippen LogP contribution is 2.37. The number of ether oxygens (including phenoxy) is 2. The quantitative estimate of drug-likeness (QED) is 0.549. The number of rotatable bonds is 6. The Labute approximate surface area is 177 Å². The van der Waals surface area contributed by atoms with Gasteiger partial charge in [-0.15, -0.1) is 0 Å². The van der Waals surface area contributed by atoms with Crippen molar-refractivity contribution in [3.8, 4) is 11.5 Å². The fourth-order valence-electron chi connectivity index (χ4n) is 3.02. The minimum Gasteiger partial charge on any atom is -0.497 e. The summed E-state index contributed by atoms with van der Waals surface area (Å²) in [5.74, 6) is 1.65. The number of methoxy groups -OCH3 is 2. The van der Waals surface area contributed by atoms with Crippen LogP contribution < -0.4 is 25.4 Å². The smallest absolute Gasteiger partial charge is 0.118 e. The third-order valence-electron chi connectivity index (χ3n) is 4.52. The second kappa shape index (κ2) is 9.11. The van der Waals surface area contributed by atoms with Crippen LogP contribution in [0.2, 0.25) is 0 Å². The third kappa shape index (κ3) is 4.88. The molecule has 0 fully saturated rings. The molecule has 29 heavy (non-hydrogen) atoms.